The first kappa shape index (κ1) is 13.3. The van der Waals surface area contributed by atoms with Crippen LogP contribution in [-0.2, 0) is 0 Å². The van der Waals surface area contributed by atoms with E-state index in [1.54, 1.807) is 19.1 Å². The fourth-order valence-electron chi connectivity index (χ4n) is 1.99. The Bertz CT molecular complexity index is 549. The van der Waals surface area contributed by atoms with E-state index in [1.165, 1.54) is 6.07 Å². The molecule has 0 radical (unpaired) electrons. The summed E-state index contributed by atoms with van der Waals surface area (Å²) in [5.41, 5.74) is 5.43. The maximum atomic E-state index is 10.8. The quantitative estimate of drug-likeness (QED) is 0.644. The summed E-state index contributed by atoms with van der Waals surface area (Å²) >= 11 is 0. The van der Waals surface area contributed by atoms with Crippen molar-refractivity contribution in [2.75, 3.05) is 6.61 Å². The number of nitro groups is 1. The molecule has 0 bridgehead atoms. The van der Waals surface area contributed by atoms with Gasteiger partial charge in [-0.2, -0.15) is 5.26 Å². The van der Waals surface area contributed by atoms with Crippen molar-refractivity contribution in [1.29, 1.82) is 5.26 Å². The third-order valence-corrected chi connectivity index (χ3v) is 3.43. The summed E-state index contributed by atoms with van der Waals surface area (Å²) in [5, 5.41) is 19.9. The fourth-order valence-corrected chi connectivity index (χ4v) is 1.99. The average molecular weight is 261 g/mol. The Labute approximate surface area is 110 Å². The number of nitriles is 1. The Morgan fingerprint density at radius 3 is 2.84 bits per heavy atom. The van der Waals surface area contributed by atoms with Crippen LogP contribution in [0.5, 0.6) is 5.75 Å². The maximum absolute atomic E-state index is 10.8. The molecule has 1 aliphatic rings. The molecule has 2 rings (SSSR count). The molecular formula is C13H15N3O3. The zero-order chi connectivity index (χ0) is 14.0. The first-order valence-corrected chi connectivity index (χ1v) is 6.05. The van der Waals surface area contributed by atoms with E-state index < -0.39 is 10.5 Å². The second-order valence-electron chi connectivity index (χ2n) is 4.87. The van der Waals surface area contributed by atoms with Gasteiger partial charge in [-0.05, 0) is 31.7 Å². The van der Waals surface area contributed by atoms with E-state index in [0.717, 1.165) is 12.8 Å². The zero-order valence-electron chi connectivity index (χ0n) is 10.6. The molecule has 6 heteroatoms. The molecule has 19 heavy (non-hydrogen) atoms. The van der Waals surface area contributed by atoms with Crippen molar-refractivity contribution >= 4 is 5.69 Å². The Balaban J connectivity index is 2.14. The van der Waals surface area contributed by atoms with Gasteiger partial charge in [-0.1, -0.05) is 6.07 Å². The lowest BCUT2D eigenvalue weighted by molar-refractivity contribution is -0.385. The van der Waals surface area contributed by atoms with Crippen molar-refractivity contribution < 1.29 is 9.66 Å². The highest BCUT2D eigenvalue weighted by molar-refractivity contribution is 5.48. The van der Waals surface area contributed by atoms with Crippen LogP contribution in [0, 0.1) is 34.3 Å². The molecule has 1 saturated carbocycles. The Morgan fingerprint density at radius 1 is 1.63 bits per heavy atom. The van der Waals surface area contributed by atoms with Gasteiger partial charge in [-0.25, -0.2) is 0 Å². The van der Waals surface area contributed by atoms with Gasteiger partial charge in [0.25, 0.3) is 5.69 Å². The molecule has 0 aliphatic heterocycles. The summed E-state index contributed by atoms with van der Waals surface area (Å²) in [5.74, 6) is 0.566. The maximum Gasteiger partial charge on any atom is 0.276 e. The molecule has 100 valence electrons. The van der Waals surface area contributed by atoms with Gasteiger partial charge in [0, 0.05) is 6.07 Å². The molecule has 6 nitrogen and oxygen atoms in total. The van der Waals surface area contributed by atoms with Gasteiger partial charge in [-0.15, -0.1) is 0 Å². The molecule has 1 atom stereocenters. The van der Waals surface area contributed by atoms with E-state index in [2.05, 4.69) is 6.07 Å². The summed E-state index contributed by atoms with van der Waals surface area (Å²) in [6.07, 6.45) is 1.86. The average Bonchev–Trinajstić information content (AvgIpc) is 3.21. The predicted octanol–water partition coefficient (Wildman–Crippen LogP) is 1.91. The van der Waals surface area contributed by atoms with Gasteiger partial charge in [0.1, 0.15) is 17.9 Å². The zero-order valence-corrected chi connectivity index (χ0v) is 10.6. The minimum atomic E-state index is -1.00. The Morgan fingerprint density at radius 2 is 2.32 bits per heavy atom. The molecule has 1 fully saturated rings. The fraction of sp³-hybridized carbons (Fsp3) is 0.462. The highest BCUT2D eigenvalue weighted by Gasteiger charge is 2.43. The molecule has 0 saturated heterocycles. The van der Waals surface area contributed by atoms with Gasteiger partial charge in [-0.3, -0.25) is 10.1 Å². The van der Waals surface area contributed by atoms with Gasteiger partial charge >= 0.3 is 0 Å². The molecule has 0 amide bonds. The van der Waals surface area contributed by atoms with Crippen LogP contribution in [-0.4, -0.2) is 17.1 Å². The lowest BCUT2D eigenvalue weighted by Gasteiger charge is -2.21. The van der Waals surface area contributed by atoms with Gasteiger partial charge in [0.2, 0.25) is 0 Å². The smallest absolute Gasteiger partial charge is 0.276 e. The number of hydrogen-bond donors (Lipinski definition) is 1. The van der Waals surface area contributed by atoms with E-state index in [4.69, 9.17) is 15.7 Å². The van der Waals surface area contributed by atoms with Crippen LogP contribution in [0.25, 0.3) is 0 Å². The van der Waals surface area contributed by atoms with E-state index in [0.29, 0.717) is 11.3 Å². The third kappa shape index (κ3) is 2.66. The molecule has 1 aromatic carbocycles. The lowest BCUT2D eigenvalue weighted by atomic mass is 9.98. The van der Waals surface area contributed by atoms with Crippen LogP contribution in [0.1, 0.15) is 18.4 Å². The van der Waals surface area contributed by atoms with Gasteiger partial charge in [0.05, 0.1) is 16.6 Å². The second kappa shape index (κ2) is 4.86. The van der Waals surface area contributed by atoms with E-state index >= 15 is 0 Å². The van der Waals surface area contributed by atoms with Crippen LogP contribution in [0.2, 0.25) is 0 Å². The topological polar surface area (TPSA) is 102 Å². The van der Waals surface area contributed by atoms with E-state index in [-0.39, 0.29) is 18.2 Å². The minimum absolute atomic E-state index is 0.00324. The number of nitrogens with zero attached hydrogens (tertiary/aromatic N) is 2. The molecule has 0 aromatic heterocycles. The molecule has 0 heterocycles. The monoisotopic (exact) mass is 261 g/mol. The summed E-state index contributed by atoms with van der Waals surface area (Å²) in [7, 11) is 0. The molecular weight excluding hydrogens is 246 g/mol. The number of nitro benzene ring substituents is 1. The highest BCUT2D eigenvalue weighted by Crippen LogP contribution is 2.38. The predicted molar refractivity (Wildman–Crippen MR) is 68.6 cm³/mol. The van der Waals surface area contributed by atoms with Crippen LogP contribution in [0.3, 0.4) is 0 Å². The Kier molecular flexibility index (Phi) is 3.40. The summed E-state index contributed by atoms with van der Waals surface area (Å²) < 4.78 is 5.53. The number of rotatable bonds is 5. The first-order chi connectivity index (χ1) is 8.98. The molecule has 2 N–H and O–H groups in total. The molecule has 0 spiro atoms. The van der Waals surface area contributed by atoms with Crippen LogP contribution >= 0.6 is 0 Å². The Hall–Kier alpha value is -2.13. The van der Waals surface area contributed by atoms with Crippen LogP contribution in [0.15, 0.2) is 18.2 Å². The van der Waals surface area contributed by atoms with Crippen molar-refractivity contribution in [3.63, 3.8) is 0 Å². The van der Waals surface area contributed by atoms with E-state index in [1.807, 2.05) is 0 Å². The van der Waals surface area contributed by atoms with Crippen LogP contribution in [0.4, 0.5) is 5.69 Å². The van der Waals surface area contributed by atoms with E-state index in [9.17, 15) is 10.1 Å². The first-order valence-electron chi connectivity index (χ1n) is 6.05. The molecule has 1 aliphatic carbocycles. The van der Waals surface area contributed by atoms with Gasteiger partial charge in [0.15, 0.2) is 0 Å². The van der Waals surface area contributed by atoms with Crippen molar-refractivity contribution in [3.8, 4) is 11.8 Å². The standard InChI is InChI=1S/C13H15N3O3/c1-9-11(16(17)18)3-2-4-12(9)19-8-13(15,7-14)10-5-6-10/h2-4,10H,5-6,8,15H2,1H3. The normalized spacial score (nSPS) is 17.3. The summed E-state index contributed by atoms with van der Waals surface area (Å²) in [6.45, 7) is 1.67. The third-order valence-electron chi connectivity index (χ3n) is 3.43. The number of benzene rings is 1. The number of ether oxygens (including phenoxy) is 1. The SMILES string of the molecule is Cc1c(OCC(N)(C#N)C2CC2)cccc1[N+](=O)[O-]. The molecule has 1 aromatic rings. The van der Waals surface area contributed by atoms with Crippen molar-refractivity contribution in [2.24, 2.45) is 11.7 Å². The number of nitrogens with two attached hydrogens (primary N) is 1. The summed E-state index contributed by atoms with van der Waals surface area (Å²) in [6, 6.07) is 6.71. The van der Waals surface area contributed by atoms with Crippen molar-refractivity contribution in [3.05, 3.63) is 33.9 Å². The van der Waals surface area contributed by atoms with Crippen molar-refractivity contribution in [2.45, 2.75) is 25.3 Å². The van der Waals surface area contributed by atoms with Gasteiger partial charge < -0.3 is 10.5 Å². The lowest BCUT2D eigenvalue weighted by Crippen LogP contribution is -2.46. The summed E-state index contributed by atoms with van der Waals surface area (Å²) in [4.78, 5) is 10.4. The second-order valence-corrected chi connectivity index (χ2v) is 4.87. The van der Waals surface area contributed by atoms with Crippen molar-refractivity contribution in [1.82, 2.24) is 0 Å². The molecule has 1 unspecified atom stereocenters. The number of hydrogen-bond acceptors (Lipinski definition) is 5. The van der Waals surface area contributed by atoms with Crippen LogP contribution < -0.4 is 10.5 Å². The highest BCUT2D eigenvalue weighted by atomic mass is 16.6. The minimum Gasteiger partial charge on any atom is -0.490 e. The largest absolute Gasteiger partial charge is 0.490 e.